The molecular weight excluding hydrogens is 242 g/mol. The van der Waals surface area contributed by atoms with Crippen LogP contribution in [0.4, 0.5) is 5.69 Å². The molecule has 1 saturated carbocycles. The molecule has 1 saturated heterocycles. The van der Waals surface area contributed by atoms with Gasteiger partial charge in [-0.2, -0.15) is 4.99 Å². The molecule has 1 aromatic rings. The predicted molar refractivity (Wildman–Crippen MR) is 70.2 cm³/mol. The number of benzene rings is 1. The monoisotopic (exact) mass is 257 g/mol. The van der Waals surface area contributed by atoms with Crippen LogP contribution in [0.5, 0.6) is 0 Å². The van der Waals surface area contributed by atoms with Crippen molar-refractivity contribution < 1.29 is 9.59 Å². The minimum absolute atomic E-state index is 0.133. The highest BCUT2D eigenvalue weighted by atomic mass is 16.2. The Morgan fingerprint density at radius 2 is 1.95 bits per heavy atom. The Morgan fingerprint density at radius 3 is 2.42 bits per heavy atom. The Labute approximate surface area is 111 Å². The maximum atomic E-state index is 11.5. The number of anilines is 1. The van der Waals surface area contributed by atoms with Crippen LogP contribution < -0.4 is 5.01 Å². The summed E-state index contributed by atoms with van der Waals surface area (Å²) >= 11 is 0. The second-order valence-electron chi connectivity index (χ2n) is 5.07. The average Bonchev–Trinajstić information content (AvgIpc) is 3.13. The van der Waals surface area contributed by atoms with Crippen LogP contribution in [0.25, 0.3) is 0 Å². The number of hydrazine groups is 1. The van der Waals surface area contributed by atoms with E-state index in [1.54, 1.807) is 18.1 Å². The van der Waals surface area contributed by atoms with Crippen molar-refractivity contribution in [3.63, 3.8) is 0 Å². The van der Waals surface area contributed by atoms with Crippen LogP contribution in [0, 0.1) is 0 Å². The van der Waals surface area contributed by atoms with Gasteiger partial charge in [-0.25, -0.2) is 4.79 Å². The van der Waals surface area contributed by atoms with E-state index in [1.165, 1.54) is 0 Å². The summed E-state index contributed by atoms with van der Waals surface area (Å²) in [5.41, 5.74) is 1.71. The zero-order valence-corrected chi connectivity index (χ0v) is 10.8. The number of isocyanates is 1. The highest BCUT2D eigenvalue weighted by Crippen LogP contribution is 2.49. The number of hydrogen-bond donors (Lipinski definition) is 0. The Hall–Kier alpha value is -2.13. The van der Waals surface area contributed by atoms with E-state index in [0.717, 1.165) is 24.1 Å². The van der Waals surface area contributed by atoms with Gasteiger partial charge < -0.3 is 0 Å². The molecule has 1 aromatic carbocycles. The molecule has 5 heteroatoms. The lowest BCUT2D eigenvalue weighted by Crippen LogP contribution is -2.35. The van der Waals surface area contributed by atoms with Gasteiger partial charge in [0.15, 0.2) is 0 Å². The van der Waals surface area contributed by atoms with Crippen LogP contribution in [0.1, 0.15) is 24.8 Å². The molecule has 0 radical (unpaired) electrons. The van der Waals surface area contributed by atoms with Crippen LogP contribution in [-0.2, 0) is 15.1 Å². The molecule has 1 aliphatic carbocycles. The second-order valence-corrected chi connectivity index (χ2v) is 5.07. The number of carbonyl (C=O) groups is 1. The molecule has 1 amide bonds. The quantitative estimate of drug-likeness (QED) is 0.610. The molecule has 2 fully saturated rings. The maximum absolute atomic E-state index is 11.5. The molecule has 0 atom stereocenters. The van der Waals surface area contributed by atoms with Crippen molar-refractivity contribution in [2.45, 2.75) is 24.8 Å². The van der Waals surface area contributed by atoms with Gasteiger partial charge in [-0.3, -0.25) is 14.8 Å². The summed E-state index contributed by atoms with van der Waals surface area (Å²) in [6.45, 7) is 0.715. The van der Waals surface area contributed by atoms with Gasteiger partial charge in [0.25, 0.3) is 0 Å². The molecule has 0 N–H and O–H groups in total. The lowest BCUT2D eigenvalue weighted by molar-refractivity contribution is -0.126. The first-order chi connectivity index (χ1) is 9.16. The van der Waals surface area contributed by atoms with Crippen molar-refractivity contribution in [1.82, 2.24) is 5.01 Å². The van der Waals surface area contributed by atoms with Crippen molar-refractivity contribution in [2.24, 2.45) is 4.99 Å². The van der Waals surface area contributed by atoms with Crippen LogP contribution in [0.3, 0.4) is 0 Å². The first kappa shape index (κ1) is 11.9. The van der Waals surface area contributed by atoms with Crippen molar-refractivity contribution in [2.75, 3.05) is 18.6 Å². The zero-order chi connectivity index (χ0) is 13.5. The SMILES string of the molecule is CN1C(=O)CCN1c1ccc(C2(N=C=O)CC2)cc1. The topological polar surface area (TPSA) is 53.0 Å². The minimum atomic E-state index is -0.326. The molecule has 5 nitrogen and oxygen atoms in total. The molecule has 98 valence electrons. The maximum Gasteiger partial charge on any atom is 0.242 e. The molecule has 1 heterocycles. The predicted octanol–water partition coefficient (Wildman–Crippen LogP) is 1.60. The number of rotatable bonds is 3. The summed E-state index contributed by atoms with van der Waals surface area (Å²) in [6.07, 6.45) is 4.03. The van der Waals surface area contributed by atoms with Crippen molar-refractivity contribution in [1.29, 1.82) is 0 Å². The molecule has 1 aliphatic heterocycles. The third-order valence-electron chi connectivity index (χ3n) is 3.95. The van der Waals surface area contributed by atoms with Crippen LogP contribution in [-0.4, -0.2) is 30.6 Å². The Balaban J connectivity index is 1.84. The van der Waals surface area contributed by atoms with Gasteiger partial charge in [-0.15, -0.1) is 0 Å². The fourth-order valence-electron chi connectivity index (χ4n) is 2.56. The largest absolute Gasteiger partial charge is 0.283 e. The molecule has 0 bridgehead atoms. The molecule has 3 rings (SSSR count). The third kappa shape index (κ3) is 1.92. The minimum Gasteiger partial charge on any atom is -0.283 e. The molecule has 0 unspecified atom stereocenters. The van der Waals surface area contributed by atoms with E-state index in [1.807, 2.05) is 29.3 Å². The van der Waals surface area contributed by atoms with E-state index in [9.17, 15) is 9.59 Å². The Bertz CT molecular complexity index is 557. The van der Waals surface area contributed by atoms with E-state index in [-0.39, 0.29) is 11.4 Å². The number of aliphatic imine (C=N–C) groups is 1. The summed E-state index contributed by atoms with van der Waals surface area (Å²) < 4.78 is 0. The van der Waals surface area contributed by atoms with Crippen LogP contribution in [0.15, 0.2) is 29.3 Å². The summed E-state index contributed by atoms with van der Waals surface area (Å²) in [5, 5.41) is 3.60. The summed E-state index contributed by atoms with van der Waals surface area (Å²) in [4.78, 5) is 25.9. The standard InChI is InChI=1S/C14H15N3O2/c1-16-13(19)6-9-17(16)12-4-2-11(3-5-12)14(7-8-14)15-10-18/h2-5H,6-9H2,1H3. The normalized spacial score (nSPS) is 20.4. The third-order valence-corrected chi connectivity index (χ3v) is 3.95. The van der Waals surface area contributed by atoms with Gasteiger partial charge in [0.2, 0.25) is 12.0 Å². The van der Waals surface area contributed by atoms with E-state index < -0.39 is 0 Å². The number of nitrogens with zero attached hydrogens (tertiary/aromatic N) is 3. The lowest BCUT2D eigenvalue weighted by Gasteiger charge is -2.26. The first-order valence-electron chi connectivity index (χ1n) is 6.40. The number of carbonyl (C=O) groups excluding carboxylic acids is 2. The molecular formula is C14H15N3O2. The molecule has 2 aliphatic rings. The van der Waals surface area contributed by atoms with Gasteiger partial charge in [0.1, 0.15) is 0 Å². The van der Waals surface area contributed by atoms with Crippen molar-refractivity contribution in [3.05, 3.63) is 29.8 Å². The van der Waals surface area contributed by atoms with Crippen LogP contribution in [0.2, 0.25) is 0 Å². The van der Waals surface area contributed by atoms with Crippen LogP contribution >= 0.6 is 0 Å². The van der Waals surface area contributed by atoms with Gasteiger partial charge in [-0.1, -0.05) is 12.1 Å². The van der Waals surface area contributed by atoms with Gasteiger partial charge in [0, 0.05) is 20.0 Å². The lowest BCUT2D eigenvalue weighted by atomic mass is 10.1. The number of hydrogen-bond acceptors (Lipinski definition) is 4. The van der Waals surface area contributed by atoms with Crippen molar-refractivity contribution in [3.8, 4) is 0 Å². The van der Waals surface area contributed by atoms with Gasteiger partial charge in [-0.05, 0) is 30.5 Å². The zero-order valence-electron chi connectivity index (χ0n) is 10.8. The Morgan fingerprint density at radius 1 is 1.26 bits per heavy atom. The summed E-state index contributed by atoms with van der Waals surface area (Å²) in [5.74, 6) is 0.133. The smallest absolute Gasteiger partial charge is 0.242 e. The highest BCUT2D eigenvalue weighted by Gasteiger charge is 2.44. The van der Waals surface area contributed by atoms with Gasteiger partial charge in [0.05, 0.1) is 11.2 Å². The van der Waals surface area contributed by atoms with E-state index in [0.29, 0.717) is 13.0 Å². The summed E-state index contributed by atoms with van der Waals surface area (Å²) in [7, 11) is 1.78. The fraction of sp³-hybridized carbons (Fsp3) is 0.429. The highest BCUT2D eigenvalue weighted by molar-refractivity contribution is 5.81. The fourth-order valence-corrected chi connectivity index (χ4v) is 2.56. The number of amides is 1. The second kappa shape index (κ2) is 4.21. The van der Waals surface area contributed by atoms with E-state index in [2.05, 4.69) is 4.99 Å². The Kier molecular flexibility index (Phi) is 2.64. The molecule has 0 aromatic heterocycles. The average molecular weight is 257 g/mol. The van der Waals surface area contributed by atoms with Gasteiger partial charge >= 0.3 is 0 Å². The van der Waals surface area contributed by atoms with Crippen molar-refractivity contribution >= 4 is 17.7 Å². The summed E-state index contributed by atoms with van der Waals surface area (Å²) in [6, 6.07) is 7.93. The molecule has 19 heavy (non-hydrogen) atoms. The molecule has 0 spiro atoms. The van der Waals surface area contributed by atoms with E-state index in [4.69, 9.17) is 0 Å². The van der Waals surface area contributed by atoms with E-state index >= 15 is 0 Å². The first-order valence-corrected chi connectivity index (χ1v) is 6.40.